The van der Waals surface area contributed by atoms with Gasteiger partial charge in [-0.1, -0.05) is 0 Å². The molecule has 108 valence electrons. The lowest BCUT2D eigenvalue weighted by Gasteiger charge is -2.24. The molecule has 21 heavy (non-hydrogen) atoms. The van der Waals surface area contributed by atoms with Crippen LogP contribution in [0.3, 0.4) is 0 Å². The molecule has 7 heteroatoms. The van der Waals surface area contributed by atoms with Crippen molar-refractivity contribution in [3.05, 3.63) is 44.2 Å². The van der Waals surface area contributed by atoms with Gasteiger partial charge in [0.05, 0.1) is 27.1 Å². The number of hydrogen-bond donors (Lipinski definition) is 1. The van der Waals surface area contributed by atoms with Gasteiger partial charge in [0.15, 0.2) is 0 Å². The number of carbonyl (C=O) groups excluding carboxylic acids is 1. The van der Waals surface area contributed by atoms with Gasteiger partial charge in [-0.25, -0.2) is 0 Å². The minimum absolute atomic E-state index is 0.188. The highest BCUT2D eigenvalue weighted by atomic mass is 127. The Morgan fingerprint density at radius 1 is 1.52 bits per heavy atom. The van der Waals surface area contributed by atoms with E-state index in [4.69, 9.17) is 5.26 Å². The fraction of sp³-hybridized carbons (Fsp3) is 0.214. The van der Waals surface area contributed by atoms with Crippen LogP contribution in [0, 0.1) is 14.9 Å². The van der Waals surface area contributed by atoms with Crippen molar-refractivity contribution in [2.24, 2.45) is 0 Å². The normalized spacial score (nSPS) is 11.0. The maximum atomic E-state index is 12.5. The molecule has 0 saturated heterocycles. The number of anilines is 1. The molecule has 1 amide bonds. The molecule has 0 aliphatic rings. The number of halogens is 2. The van der Waals surface area contributed by atoms with Gasteiger partial charge in [0.2, 0.25) is 0 Å². The number of rotatable bonds is 3. The van der Waals surface area contributed by atoms with Crippen LogP contribution in [0.2, 0.25) is 0 Å². The van der Waals surface area contributed by atoms with E-state index in [2.05, 4.69) is 48.9 Å². The summed E-state index contributed by atoms with van der Waals surface area (Å²) in [7, 11) is 0. The molecule has 0 aliphatic heterocycles. The zero-order chi connectivity index (χ0) is 15.6. The molecule has 1 aromatic carbocycles. The predicted octanol–water partition coefficient (Wildman–Crippen LogP) is 3.50. The summed E-state index contributed by atoms with van der Waals surface area (Å²) in [5.74, 6) is -0.188. The average Bonchev–Trinajstić information content (AvgIpc) is 2.88. The molecule has 5 nitrogen and oxygen atoms in total. The van der Waals surface area contributed by atoms with Crippen molar-refractivity contribution in [2.75, 3.05) is 5.32 Å². The highest BCUT2D eigenvalue weighted by Gasteiger charge is 2.31. The molecular formula is C14H12BrIN4O. The van der Waals surface area contributed by atoms with Gasteiger partial charge in [0.25, 0.3) is 5.91 Å². The predicted molar refractivity (Wildman–Crippen MR) is 91.8 cm³/mol. The van der Waals surface area contributed by atoms with E-state index in [0.29, 0.717) is 15.7 Å². The van der Waals surface area contributed by atoms with E-state index in [9.17, 15) is 4.79 Å². The number of hydrogen-bond acceptors (Lipinski definition) is 3. The van der Waals surface area contributed by atoms with E-state index in [1.54, 1.807) is 42.9 Å². The second-order valence-electron chi connectivity index (χ2n) is 4.92. The molecule has 0 atom stereocenters. The largest absolute Gasteiger partial charge is 0.323 e. The molecule has 1 N–H and O–H groups in total. The number of nitriles is 1. The molecule has 0 saturated carbocycles. The number of aromatic nitrogens is 2. The summed E-state index contributed by atoms with van der Waals surface area (Å²) in [5, 5.41) is 15.9. The van der Waals surface area contributed by atoms with Crippen LogP contribution in [-0.4, -0.2) is 15.7 Å². The van der Waals surface area contributed by atoms with E-state index in [0.717, 1.165) is 3.57 Å². The van der Waals surface area contributed by atoms with Crippen molar-refractivity contribution in [1.82, 2.24) is 9.78 Å². The Morgan fingerprint density at radius 2 is 2.24 bits per heavy atom. The van der Waals surface area contributed by atoms with Gasteiger partial charge in [-0.2, -0.15) is 10.4 Å². The summed E-state index contributed by atoms with van der Waals surface area (Å²) in [6.45, 7) is 3.59. The van der Waals surface area contributed by atoms with E-state index >= 15 is 0 Å². The number of nitrogens with zero attached hydrogens (tertiary/aromatic N) is 3. The van der Waals surface area contributed by atoms with Crippen LogP contribution >= 0.6 is 38.5 Å². The highest BCUT2D eigenvalue weighted by Crippen LogP contribution is 2.26. The number of carbonyl (C=O) groups is 1. The van der Waals surface area contributed by atoms with Gasteiger partial charge < -0.3 is 5.32 Å². The summed E-state index contributed by atoms with van der Waals surface area (Å²) in [4.78, 5) is 12.5. The maximum Gasteiger partial charge on any atom is 0.251 e. The summed E-state index contributed by atoms with van der Waals surface area (Å²) in [6, 6.07) is 7.07. The Kier molecular flexibility index (Phi) is 4.68. The lowest BCUT2D eigenvalue weighted by Crippen LogP contribution is -2.40. The Balaban J connectivity index is 2.23. The van der Waals surface area contributed by atoms with Gasteiger partial charge in [-0.05, 0) is 70.6 Å². The van der Waals surface area contributed by atoms with Crippen molar-refractivity contribution in [3.63, 3.8) is 0 Å². The van der Waals surface area contributed by atoms with Crippen molar-refractivity contribution in [2.45, 2.75) is 19.4 Å². The molecular weight excluding hydrogens is 447 g/mol. The Hall–Kier alpha value is -1.40. The van der Waals surface area contributed by atoms with E-state index in [-0.39, 0.29) is 5.91 Å². The highest BCUT2D eigenvalue weighted by molar-refractivity contribution is 14.1. The van der Waals surface area contributed by atoms with Gasteiger partial charge in [0, 0.05) is 10.7 Å². The Morgan fingerprint density at radius 3 is 2.76 bits per heavy atom. The quantitative estimate of drug-likeness (QED) is 0.715. The molecule has 1 aromatic heterocycles. The standard InChI is InChI=1S/C14H12BrIN4O/c1-14(2,20-8-10(16)7-18-20)13(21)19-12-4-3-9(6-17)5-11(12)15/h3-5,7-8H,1-2H3,(H,19,21). The SMILES string of the molecule is CC(C)(C(=O)Nc1ccc(C#N)cc1Br)n1cc(I)cn1. The van der Waals surface area contributed by atoms with Crippen LogP contribution in [0.15, 0.2) is 35.1 Å². The first-order valence-electron chi connectivity index (χ1n) is 6.06. The monoisotopic (exact) mass is 458 g/mol. The second kappa shape index (κ2) is 6.15. The molecule has 1 heterocycles. The third kappa shape index (κ3) is 3.44. The van der Waals surface area contributed by atoms with Gasteiger partial charge in [0.1, 0.15) is 5.54 Å². The summed E-state index contributed by atoms with van der Waals surface area (Å²) in [5.41, 5.74) is 0.325. The van der Waals surface area contributed by atoms with E-state index < -0.39 is 5.54 Å². The zero-order valence-corrected chi connectivity index (χ0v) is 15.1. The molecule has 2 rings (SSSR count). The van der Waals surface area contributed by atoms with Crippen LogP contribution in [0.25, 0.3) is 0 Å². The summed E-state index contributed by atoms with van der Waals surface area (Å²) < 4.78 is 3.26. The number of nitrogens with one attached hydrogen (secondary N) is 1. The van der Waals surface area contributed by atoms with Crippen molar-refractivity contribution < 1.29 is 4.79 Å². The van der Waals surface area contributed by atoms with E-state index in [1.807, 2.05) is 12.3 Å². The first kappa shape index (κ1) is 16.0. The molecule has 0 bridgehead atoms. The van der Waals surface area contributed by atoms with Crippen molar-refractivity contribution in [1.29, 1.82) is 5.26 Å². The smallest absolute Gasteiger partial charge is 0.251 e. The van der Waals surface area contributed by atoms with Crippen LogP contribution in [0.4, 0.5) is 5.69 Å². The first-order valence-corrected chi connectivity index (χ1v) is 7.93. The van der Waals surface area contributed by atoms with Crippen LogP contribution in [-0.2, 0) is 10.3 Å². The molecule has 0 aliphatic carbocycles. The van der Waals surface area contributed by atoms with Crippen molar-refractivity contribution >= 4 is 50.1 Å². The molecule has 2 aromatic rings. The molecule has 0 radical (unpaired) electrons. The maximum absolute atomic E-state index is 12.5. The Labute approximate surface area is 144 Å². The minimum atomic E-state index is -0.823. The second-order valence-corrected chi connectivity index (χ2v) is 7.02. The fourth-order valence-electron chi connectivity index (χ4n) is 1.67. The van der Waals surface area contributed by atoms with Gasteiger partial charge >= 0.3 is 0 Å². The number of amides is 1. The topological polar surface area (TPSA) is 70.7 Å². The van der Waals surface area contributed by atoms with Gasteiger partial charge in [-0.3, -0.25) is 9.48 Å². The first-order chi connectivity index (χ1) is 9.84. The van der Waals surface area contributed by atoms with Crippen LogP contribution in [0.5, 0.6) is 0 Å². The molecule has 0 unspecified atom stereocenters. The minimum Gasteiger partial charge on any atom is -0.323 e. The average molecular weight is 459 g/mol. The third-order valence-electron chi connectivity index (χ3n) is 3.03. The zero-order valence-electron chi connectivity index (χ0n) is 11.4. The Bertz CT molecular complexity index is 733. The summed E-state index contributed by atoms with van der Waals surface area (Å²) >= 11 is 5.50. The van der Waals surface area contributed by atoms with Gasteiger partial charge in [-0.15, -0.1) is 0 Å². The van der Waals surface area contributed by atoms with E-state index in [1.165, 1.54) is 0 Å². The fourth-order valence-corrected chi connectivity index (χ4v) is 2.54. The summed E-state index contributed by atoms with van der Waals surface area (Å²) in [6.07, 6.45) is 3.52. The molecule has 0 spiro atoms. The molecule has 0 fully saturated rings. The third-order valence-corrected chi connectivity index (χ3v) is 4.24. The van der Waals surface area contributed by atoms with Crippen LogP contribution in [0.1, 0.15) is 19.4 Å². The van der Waals surface area contributed by atoms with Crippen molar-refractivity contribution in [3.8, 4) is 6.07 Å². The van der Waals surface area contributed by atoms with Crippen LogP contribution < -0.4 is 5.32 Å². The number of benzene rings is 1. The lowest BCUT2D eigenvalue weighted by atomic mass is 10.0. The lowest BCUT2D eigenvalue weighted by molar-refractivity contribution is -0.123.